The van der Waals surface area contributed by atoms with Crippen molar-refractivity contribution in [3.8, 4) is 5.75 Å². The van der Waals surface area contributed by atoms with Crippen molar-refractivity contribution in [2.24, 2.45) is 5.92 Å². The second-order valence-corrected chi connectivity index (χ2v) is 8.64. The van der Waals surface area contributed by atoms with Gasteiger partial charge in [0, 0.05) is 55.4 Å². The first-order valence-corrected chi connectivity index (χ1v) is 11.2. The average Bonchev–Trinajstić information content (AvgIpc) is 2.86. The minimum atomic E-state index is -0.290. The van der Waals surface area contributed by atoms with Crippen molar-refractivity contribution in [2.75, 3.05) is 30.8 Å². The molecule has 2 aliphatic heterocycles. The van der Waals surface area contributed by atoms with E-state index in [0.717, 1.165) is 12.1 Å². The minimum Gasteiger partial charge on any atom is -0.497 e. The van der Waals surface area contributed by atoms with Crippen LogP contribution in [-0.2, 0) is 6.54 Å². The van der Waals surface area contributed by atoms with Gasteiger partial charge in [-0.15, -0.1) is 0 Å². The van der Waals surface area contributed by atoms with E-state index in [1.54, 1.807) is 65.2 Å². The number of amides is 3. The third-order valence-corrected chi connectivity index (χ3v) is 6.39. The molecule has 2 aliphatic rings. The summed E-state index contributed by atoms with van der Waals surface area (Å²) in [6.07, 6.45) is 3.96. The second-order valence-electron chi connectivity index (χ2n) is 8.64. The Hall–Kier alpha value is -4.14. The predicted octanol–water partition coefficient (Wildman–Crippen LogP) is 3.16. The van der Waals surface area contributed by atoms with E-state index in [4.69, 9.17) is 4.74 Å². The van der Waals surface area contributed by atoms with Crippen LogP contribution in [0.2, 0.25) is 0 Å². The van der Waals surface area contributed by atoms with Gasteiger partial charge in [0.05, 0.1) is 18.4 Å². The van der Waals surface area contributed by atoms with Crippen LogP contribution in [0.1, 0.15) is 28.4 Å². The number of anilines is 2. The van der Waals surface area contributed by atoms with Gasteiger partial charge in [0.25, 0.3) is 11.5 Å². The number of nitrogens with one attached hydrogen (secondary N) is 2. The van der Waals surface area contributed by atoms with Crippen molar-refractivity contribution in [1.29, 1.82) is 0 Å². The van der Waals surface area contributed by atoms with Crippen LogP contribution in [0.15, 0.2) is 65.7 Å². The van der Waals surface area contributed by atoms with Crippen molar-refractivity contribution >= 4 is 23.3 Å². The number of hydrogen-bond donors (Lipinski definition) is 2. The molecule has 0 saturated carbocycles. The Bertz CT molecular complexity index is 1270. The van der Waals surface area contributed by atoms with Gasteiger partial charge in [-0.05, 0) is 54.8 Å². The maximum Gasteiger partial charge on any atom is 0.321 e. The van der Waals surface area contributed by atoms with E-state index in [-0.39, 0.29) is 29.3 Å². The predicted molar refractivity (Wildman–Crippen MR) is 127 cm³/mol. The molecule has 0 aliphatic carbocycles. The number of pyridine rings is 2. The molecule has 1 saturated heterocycles. The Morgan fingerprint density at radius 2 is 1.85 bits per heavy atom. The zero-order valence-electron chi connectivity index (χ0n) is 18.7. The van der Waals surface area contributed by atoms with Gasteiger partial charge in [-0.25, -0.2) is 4.79 Å². The standard InChI is InChI=1S/C25H25N5O4/c1-34-20-6-4-19(5-7-20)27-25(33)29-13-16-11-18(15-29)23-21(8-9-22(31)30(23)14-16)28-24(32)17-3-2-10-26-12-17/h2-10,12,16,18H,11,13-15H2,1H3,(H,27,33)(H,28,32)/t16-,18-/m1/s1. The zero-order chi connectivity index (χ0) is 23.7. The number of rotatable bonds is 4. The molecule has 0 radical (unpaired) electrons. The van der Waals surface area contributed by atoms with Crippen molar-refractivity contribution in [3.05, 3.63) is 82.5 Å². The van der Waals surface area contributed by atoms with Crippen LogP contribution in [0, 0.1) is 5.92 Å². The summed E-state index contributed by atoms with van der Waals surface area (Å²) in [6.45, 7) is 1.53. The molecule has 34 heavy (non-hydrogen) atoms. The largest absolute Gasteiger partial charge is 0.497 e. The Kier molecular flexibility index (Phi) is 5.75. The SMILES string of the molecule is COc1ccc(NC(=O)N2C[C@H]3C[C@H](C2)c2c(NC(=O)c4cccnc4)ccc(=O)n2C3)cc1. The van der Waals surface area contributed by atoms with Crippen LogP contribution in [0.5, 0.6) is 5.75 Å². The molecule has 3 aromatic rings. The highest BCUT2D eigenvalue weighted by Crippen LogP contribution is 2.38. The first kappa shape index (κ1) is 21.7. The molecular weight excluding hydrogens is 434 g/mol. The van der Waals surface area contributed by atoms with Crippen LogP contribution in [-0.4, -0.2) is 46.6 Å². The molecule has 174 valence electrons. The topological polar surface area (TPSA) is 106 Å². The molecule has 1 fully saturated rings. The third-order valence-electron chi connectivity index (χ3n) is 6.39. The highest BCUT2D eigenvalue weighted by Gasteiger charge is 2.38. The molecule has 2 bridgehead atoms. The molecule has 0 spiro atoms. The van der Waals surface area contributed by atoms with Crippen LogP contribution >= 0.6 is 0 Å². The van der Waals surface area contributed by atoms with E-state index in [1.807, 2.05) is 0 Å². The van der Waals surface area contributed by atoms with E-state index in [0.29, 0.717) is 42.3 Å². The maximum absolute atomic E-state index is 13.0. The van der Waals surface area contributed by atoms with E-state index in [9.17, 15) is 14.4 Å². The molecule has 2 N–H and O–H groups in total. The molecule has 3 amide bonds. The number of carbonyl (C=O) groups is 2. The quantitative estimate of drug-likeness (QED) is 0.624. The average molecular weight is 460 g/mol. The number of methoxy groups -OCH3 is 1. The summed E-state index contributed by atoms with van der Waals surface area (Å²) in [4.78, 5) is 44.2. The van der Waals surface area contributed by atoms with Crippen LogP contribution in [0.4, 0.5) is 16.2 Å². The van der Waals surface area contributed by atoms with Gasteiger partial charge in [0.1, 0.15) is 5.75 Å². The summed E-state index contributed by atoms with van der Waals surface area (Å²) in [5, 5.41) is 5.88. The summed E-state index contributed by atoms with van der Waals surface area (Å²) in [5.74, 6) is 0.525. The minimum absolute atomic E-state index is 0.0628. The van der Waals surface area contributed by atoms with Gasteiger partial charge in [-0.3, -0.25) is 14.6 Å². The number of piperidine rings is 1. The first-order valence-electron chi connectivity index (χ1n) is 11.2. The molecule has 9 nitrogen and oxygen atoms in total. The Labute approximate surface area is 196 Å². The summed E-state index contributed by atoms with van der Waals surface area (Å²) < 4.78 is 6.91. The van der Waals surface area contributed by atoms with Gasteiger partial charge < -0.3 is 24.8 Å². The number of hydrogen-bond acceptors (Lipinski definition) is 5. The van der Waals surface area contributed by atoms with Gasteiger partial charge >= 0.3 is 6.03 Å². The fraction of sp³-hybridized carbons (Fsp3) is 0.280. The third kappa shape index (κ3) is 4.24. The molecular formula is C25H25N5O4. The van der Waals surface area contributed by atoms with Crippen LogP contribution in [0.25, 0.3) is 0 Å². The number of aromatic nitrogens is 2. The van der Waals surface area contributed by atoms with Gasteiger partial charge in [-0.2, -0.15) is 0 Å². The number of ether oxygens (including phenoxy) is 1. The molecule has 2 atom stereocenters. The summed E-state index contributed by atoms with van der Waals surface area (Å²) >= 11 is 0. The van der Waals surface area contributed by atoms with Crippen molar-refractivity contribution in [2.45, 2.75) is 18.9 Å². The lowest BCUT2D eigenvalue weighted by atomic mass is 9.82. The number of nitrogens with zero attached hydrogens (tertiary/aromatic N) is 3. The van der Waals surface area contributed by atoms with E-state index in [1.165, 1.54) is 12.3 Å². The molecule has 5 rings (SSSR count). The Morgan fingerprint density at radius 1 is 1.03 bits per heavy atom. The lowest BCUT2D eigenvalue weighted by Gasteiger charge is -2.43. The number of carbonyl (C=O) groups excluding carboxylic acids is 2. The van der Waals surface area contributed by atoms with Crippen LogP contribution < -0.4 is 20.9 Å². The fourth-order valence-corrected chi connectivity index (χ4v) is 4.85. The summed E-state index contributed by atoms with van der Waals surface area (Å²) in [5.41, 5.74) is 2.38. The molecule has 4 heterocycles. The second kappa shape index (κ2) is 9.01. The Balaban J connectivity index is 1.37. The Morgan fingerprint density at radius 3 is 2.59 bits per heavy atom. The highest BCUT2D eigenvalue weighted by molar-refractivity contribution is 6.04. The van der Waals surface area contributed by atoms with Gasteiger partial charge in [0.2, 0.25) is 0 Å². The smallest absolute Gasteiger partial charge is 0.321 e. The highest BCUT2D eigenvalue weighted by atomic mass is 16.5. The van der Waals surface area contributed by atoms with Crippen LogP contribution in [0.3, 0.4) is 0 Å². The summed E-state index contributed by atoms with van der Waals surface area (Å²) in [7, 11) is 1.59. The zero-order valence-corrected chi connectivity index (χ0v) is 18.7. The lowest BCUT2D eigenvalue weighted by molar-refractivity contribution is 0.102. The number of benzene rings is 1. The molecule has 9 heteroatoms. The fourth-order valence-electron chi connectivity index (χ4n) is 4.85. The summed E-state index contributed by atoms with van der Waals surface area (Å²) in [6, 6.07) is 13.5. The number of urea groups is 1. The maximum atomic E-state index is 13.0. The van der Waals surface area contributed by atoms with E-state index < -0.39 is 0 Å². The van der Waals surface area contributed by atoms with Crippen molar-refractivity contribution in [3.63, 3.8) is 0 Å². The lowest BCUT2D eigenvalue weighted by Crippen LogP contribution is -2.50. The molecule has 2 aromatic heterocycles. The molecule has 1 aromatic carbocycles. The van der Waals surface area contributed by atoms with E-state index in [2.05, 4.69) is 15.6 Å². The number of likely N-dealkylation sites (tertiary alicyclic amines) is 1. The van der Waals surface area contributed by atoms with Crippen molar-refractivity contribution < 1.29 is 14.3 Å². The number of fused-ring (bicyclic) bond motifs is 4. The van der Waals surface area contributed by atoms with Crippen molar-refractivity contribution in [1.82, 2.24) is 14.5 Å². The van der Waals surface area contributed by atoms with E-state index >= 15 is 0 Å². The molecule has 0 unspecified atom stereocenters. The first-order chi connectivity index (χ1) is 16.5. The monoisotopic (exact) mass is 459 g/mol. The van der Waals surface area contributed by atoms with Gasteiger partial charge in [-0.1, -0.05) is 0 Å². The van der Waals surface area contributed by atoms with Gasteiger partial charge in [0.15, 0.2) is 0 Å². The normalized spacial score (nSPS) is 18.6.